The second-order valence-electron chi connectivity index (χ2n) is 5.00. The topological polar surface area (TPSA) is 46.9 Å². The highest BCUT2D eigenvalue weighted by atomic mass is 79.9. The molecule has 2 aromatic carbocycles. The van der Waals surface area contributed by atoms with Crippen LogP contribution in [0, 0.1) is 5.82 Å². The van der Waals surface area contributed by atoms with Crippen LogP contribution in [-0.2, 0) is 7.05 Å². The predicted molar refractivity (Wildman–Crippen MR) is 95.8 cm³/mol. The van der Waals surface area contributed by atoms with Crippen LogP contribution in [0.4, 0.5) is 10.1 Å². The van der Waals surface area contributed by atoms with Gasteiger partial charge in [0.15, 0.2) is 5.16 Å². The van der Waals surface area contributed by atoms with E-state index < -0.39 is 5.82 Å². The minimum Gasteiger partial charge on any atom is -0.329 e. The van der Waals surface area contributed by atoms with Crippen molar-refractivity contribution in [3.63, 3.8) is 0 Å². The van der Waals surface area contributed by atoms with Crippen LogP contribution in [0.5, 0.6) is 0 Å². The van der Waals surface area contributed by atoms with E-state index in [1.165, 1.54) is 30.0 Å². The Hall–Kier alpha value is -2.12. The molecule has 0 radical (unpaired) electrons. The quantitative estimate of drug-likeness (QED) is 0.682. The van der Waals surface area contributed by atoms with Gasteiger partial charge in [-0.15, -0.1) is 0 Å². The number of halogens is 2. The van der Waals surface area contributed by atoms with E-state index in [9.17, 15) is 9.18 Å². The summed E-state index contributed by atoms with van der Waals surface area (Å²) < 4.78 is 15.8. The molecule has 3 rings (SSSR count). The summed E-state index contributed by atoms with van der Waals surface area (Å²) in [6.45, 7) is 0. The summed E-state index contributed by atoms with van der Waals surface area (Å²) in [6.07, 6.45) is 3.57. The molecule has 24 heavy (non-hydrogen) atoms. The molecule has 1 amide bonds. The van der Waals surface area contributed by atoms with Crippen LogP contribution in [-0.4, -0.2) is 15.5 Å². The predicted octanol–water partition coefficient (Wildman–Crippen LogP) is 4.73. The van der Waals surface area contributed by atoms with Crippen LogP contribution < -0.4 is 5.32 Å². The zero-order valence-electron chi connectivity index (χ0n) is 12.7. The Morgan fingerprint density at radius 3 is 2.83 bits per heavy atom. The van der Waals surface area contributed by atoms with Crippen LogP contribution in [0.25, 0.3) is 0 Å². The van der Waals surface area contributed by atoms with Crippen molar-refractivity contribution < 1.29 is 9.18 Å². The average Bonchev–Trinajstić information content (AvgIpc) is 2.96. The van der Waals surface area contributed by atoms with Gasteiger partial charge in [-0.05, 0) is 58.0 Å². The normalized spacial score (nSPS) is 10.6. The third-order valence-corrected chi connectivity index (χ3v) is 5.13. The molecule has 0 aliphatic carbocycles. The van der Waals surface area contributed by atoms with Gasteiger partial charge in [-0.1, -0.05) is 12.1 Å². The number of aryl methyl sites for hydroxylation is 1. The number of amides is 1. The van der Waals surface area contributed by atoms with Crippen molar-refractivity contribution in [2.24, 2.45) is 7.05 Å². The summed E-state index contributed by atoms with van der Waals surface area (Å²) in [5, 5.41) is 3.64. The van der Waals surface area contributed by atoms with Gasteiger partial charge in [0.1, 0.15) is 5.82 Å². The summed E-state index contributed by atoms with van der Waals surface area (Å²) in [7, 11) is 1.90. The Bertz CT molecular complexity index is 897. The second-order valence-corrected chi connectivity index (χ2v) is 6.86. The van der Waals surface area contributed by atoms with Crippen LogP contribution >= 0.6 is 27.7 Å². The largest absolute Gasteiger partial charge is 0.329 e. The number of rotatable bonds is 4. The van der Waals surface area contributed by atoms with Gasteiger partial charge in [-0.3, -0.25) is 4.79 Å². The molecular formula is C17H13BrFN3OS. The first kappa shape index (κ1) is 16.7. The molecular weight excluding hydrogens is 393 g/mol. The van der Waals surface area contributed by atoms with Crippen molar-refractivity contribution in [2.45, 2.75) is 10.1 Å². The molecule has 0 spiro atoms. The summed E-state index contributed by atoms with van der Waals surface area (Å²) in [4.78, 5) is 17.6. The lowest BCUT2D eigenvalue weighted by Gasteiger charge is -2.11. The molecule has 0 unspecified atom stereocenters. The first-order valence-electron chi connectivity index (χ1n) is 7.05. The van der Waals surface area contributed by atoms with Crippen molar-refractivity contribution in [3.05, 3.63) is 70.7 Å². The fraction of sp³-hybridized carbons (Fsp3) is 0.0588. The second kappa shape index (κ2) is 7.19. The third kappa shape index (κ3) is 3.68. The van der Waals surface area contributed by atoms with Crippen molar-refractivity contribution in [3.8, 4) is 0 Å². The van der Waals surface area contributed by atoms with Crippen molar-refractivity contribution in [1.29, 1.82) is 0 Å². The monoisotopic (exact) mass is 405 g/mol. The molecule has 0 aliphatic rings. The number of benzene rings is 2. The molecule has 1 N–H and O–H groups in total. The fourth-order valence-corrected chi connectivity index (χ4v) is 3.39. The number of aromatic nitrogens is 2. The molecule has 4 nitrogen and oxygen atoms in total. The van der Waals surface area contributed by atoms with Crippen LogP contribution in [0.1, 0.15) is 10.4 Å². The summed E-state index contributed by atoms with van der Waals surface area (Å²) in [5.74, 6) is -0.840. The zero-order chi connectivity index (χ0) is 17.1. The van der Waals surface area contributed by atoms with E-state index >= 15 is 0 Å². The number of anilines is 1. The minimum atomic E-state index is -0.459. The van der Waals surface area contributed by atoms with E-state index in [4.69, 9.17) is 0 Å². The number of carbonyl (C=O) groups is 1. The summed E-state index contributed by atoms with van der Waals surface area (Å²) in [6, 6.07) is 11.4. The number of imidazole rings is 1. The molecule has 0 atom stereocenters. The lowest BCUT2D eigenvalue weighted by Crippen LogP contribution is -2.13. The van der Waals surface area contributed by atoms with Gasteiger partial charge in [-0.2, -0.15) is 0 Å². The van der Waals surface area contributed by atoms with Crippen LogP contribution in [0.3, 0.4) is 0 Å². The van der Waals surface area contributed by atoms with Gasteiger partial charge >= 0.3 is 0 Å². The van der Waals surface area contributed by atoms with Gasteiger partial charge in [0.25, 0.3) is 5.91 Å². The highest BCUT2D eigenvalue weighted by molar-refractivity contribution is 9.10. The number of para-hydroxylation sites is 1. The maximum Gasteiger partial charge on any atom is 0.256 e. The van der Waals surface area contributed by atoms with E-state index in [1.807, 2.05) is 36.0 Å². The first-order chi connectivity index (χ1) is 11.5. The molecule has 1 heterocycles. The van der Waals surface area contributed by atoms with Crippen molar-refractivity contribution in [1.82, 2.24) is 9.55 Å². The van der Waals surface area contributed by atoms with Gasteiger partial charge in [0.05, 0.1) is 11.3 Å². The highest BCUT2D eigenvalue weighted by Crippen LogP contribution is 2.32. The fourth-order valence-electron chi connectivity index (χ4n) is 2.07. The van der Waals surface area contributed by atoms with E-state index in [0.717, 1.165) is 10.1 Å². The van der Waals surface area contributed by atoms with Gasteiger partial charge in [-0.25, -0.2) is 9.37 Å². The minimum absolute atomic E-state index is 0.242. The zero-order valence-corrected chi connectivity index (χ0v) is 15.1. The molecule has 3 aromatic rings. The van der Waals surface area contributed by atoms with Gasteiger partial charge < -0.3 is 9.88 Å². The number of hydrogen-bond acceptors (Lipinski definition) is 3. The SMILES string of the molecule is Cn1ccnc1Sc1ccccc1NC(=O)c1cc(F)ccc1Br. The average molecular weight is 406 g/mol. The maximum atomic E-state index is 13.4. The number of nitrogens with one attached hydrogen (secondary N) is 1. The van der Waals surface area contributed by atoms with Crippen LogP contribution in [0.15, 0.2) is 69.4 Å². The molecule has 0 bridgehead atoms. The smallest absolute Gasteiger partial charge is 0.256 e. The maximum absolute atomic E-state index is 13.4. The van der Waals surface area contributed by atoms with Gasteiger partial charge in [0.2, 0.25) is 0 Å². The van der Waals surface area contributed by atoms with E-state index in [-0.39, 0.29) is 11.5 Å². The molecule has 0 fully saturated rings. The molecule has 0 aliphatic heterocycles. The number of carbonyl (C=O) groups excluding carboxylic acids is 1. The van der Waals surface area contributed by atoms with Crippen LogP contribution in [0.2, 0.25) is 0 Å². The number of nitrogens with zero attached hydrogens (tertiary/aromatic N) is 2. The van der Waals surface area contributed by atoms with Crippen molar-refractivity contribution in [2.75, 3.05) is 5.32 Å². The summed E-state index contributed by atoms with van der Waals surface area (Å²) >= 11 is 4.72. The molecule has 122 valence electrons. The Morgan fingerprint density at radius 2 is 2.08 bits per heavy atom. The number of hydrogen-bond donors (Lipinski definition) is 1. The van der Waals surface area contributed by atoms with E-state index in [1.54, 1.807) is 12.3 Å². The van der Waals surface area contributed by atoms with Crippen molar-refractivity contribution >= 4 is 39.3 Å². The lowest BCUT2D eigenvalue weighted by atomic mass is 10.2. The standard InChI is InChI=1S/C17H13BrFN3OS/c1-22-9-8-20-17(22)24-15-5-3-2-4-14(15)21-16(23)12-10-11(19)6-7-13(12)18/h2-10H,1H3,(H,21,23). The van der Waals surface area contributed by atoms with Gasteiger partial charge in [0, 0.05) is 28.8 Å². The molecule has 1 aromatic heterocycles. The van der Waals surface area contributed by atoms with E-state index in [0.29, 0.717) is 10.2 Å². The first-order valence-corrected chi connectivity index (χ1v) is 8.66. The Morgan fingerprint density at radius 1 is 1.29 bits per heavy atom. The molecule has 0 saturated carbocycles. The molecule has 0 saturated heterocycles. The third-order valence-electron chi connectivity index (χ3n) is 3.29. The Balaban J connectivity index is 1.86. The molecule has 7 heteroatoms. The lowest BCUT2D eigenvalue weighted by molar-refractivity contribution is 0.102. The Kier molecular flexibility index (Phi) is 5.01. The highest BCUT2D eigenvalue weighted by Gasteiger charge is 2.14. The van der Waals surface area contributed by atoms with E-state index in [2.05, 4.69) is 26.2 Å². The summed E-state index contributed by atoms with van der Waals surface area (Å²) in [5.41, 5.74) is 0.887. The Labute approximate surface area is 151 Å².